The summed E-state index contributed by atoms with van der Waals surface area (Å²) in [5, 5.41) is 8.80. The summed E-state index contributed by atoms with van der Waals surface area (Å²) >= 11 is 0. The topological polar surface area (TPSA) is 70.4 Å². The van der Waals surface area contributed by atoms with E-state index in [1.165, 1.54) is 0 Å². The quantitative estimate of drug-likeness (QED) is 0.781. The zero-order chi connectivity index (χ0) is 19.2. The first-order valence-electron chi connectivity index (χ1n) is 9.09. The summed E-state index contributed by atoms with van der Waals surface area (Å²) in [6, 6.07) is 16.6. The number of carbonyl (C=O) groups excluding carboxylic acids is 2. The molecular formula is C22H22N2O3. The third-order valence-electron chi connectivity index (χ3n) is 4.96. The summed E-state index contributed by atoms with van der Waals surface area (Å²) in [6.45, 7) is 3.25. The van der Waals surface area contributed by atoms with E-state index in [2.05, 4.69) is 6.07 Å². The molecule has 2 aromatic rings. The lowest BCUT2D eigenvalue weighted by Gasteiger charge is -2.31. The molecule has 1 saturated heterocycles. The monoisotopic (exact) mass is 362 g/mol. The van der Waals surface area contributed by atoms with Crippen molar-refractivity contribution in [3.8, 4) is 6.07 Å². The summed E-state index contributed by atoms with van der Waals surface area (Å²) in [5.74, 6) is -0.371. The molecule has 0 unspecified atom stereocenters. The van der Waals surface area contributed by atoms with Crippen molar-refractivity contribution >= 4 is 11.9 Å². The van der Waals surface area contributed by atoms with Gasteiger partial charge in [0.2, 0.25) is 0 Å². The zero-order valence-corrected chi connectivity index (χ0v) is 15.4. The van der Waals surface area contributed by atoms with Crippen LogP contribution in [0.4, 0.5) is 0 Å². The molecule has 3 rings (SSSR count). The van der Waals surface area contributed by atoms with Gasteiger partial charge in [0, 0.05) is 18.7 Å². The molecular weight excluding hydrogens is 340 g/mol. The second-order valence-corrected chi connectivity index (χ2v) is 6.80. The molecule has 1 fully saturated rings. The van der Waals surface area contributed by atoms with Crippen LogP contribution in [0.1, 0.15) is 39.9 Å². The van der Waals surface area contributed by atoms with E-state index in [9.17, 15) is 9.59 Å². The fourth-order valence-corrected chi connectivity index (χ4v) is 3.25. The highest BCUT2D eigenvalue weighted by Gasteiger charge is 2.29. The molecule has 1 aliphatic rings. The molecule has 0 radical (unpaired) electrons. The Morgan fingerprint density at radius 2 is 1.78 bits per heavy atom. The van der Waals surface area contributed by atoms with E-state index in [0.29, 0.717) is 31.5 Å². The average Bonchev–Trinajstić information content (AvgIpc) is 2.72. The highest BCUT2D eigenvalue weighted by Crippen LogP contribution is 2.22. The molecule has 1 aliphatic heterocycles. The Bertz CT molecular complexity index is 860. The van der Waals surface area contributed by atoms with Crippen molar-refractivity contribution in [1.82, 2.24) is 4.90 Å². The molecule has 138 valence electrons. The van der Waals surface area contributed by atoms with Gasteiger partial charge in [-0.1, -0.05) is 30.3 Å². The lowest BCUT2D eigenvalue weighted by molar-refractivity contribution is -0.151. The van der Waals surface area contributed by atoms with Crippen molar-refractivity contribution in [3.63, 3.8) is 0 Å². The predicted octanol–water partition coefficient (Wildman–Crippen LogP) is 3.46. The SMILES string of the molecule is Cc1ccccc1C(=O)N1CCC(C(=O)OCc2ccc(C#N)cc2)CC1. The van der Waals surface area contributed by atoms with Gasteiger partial charge in [0.15, 0.2) is 0 Å². The van der Waals surface area contributed by atoms with E-state index in [0.717, 1.165) is 16.7 Å². The lowest BCUT2D eigenvalue weighted by atomic mass is 9.96. The summed E-state index contributed by atoms with van der Waals surface area (Å²) in [6.07, 6.45) is 1.23. The molecule has 0 spiro atoms. The van der Waals surface area contributed by atoms with Crippen molar-refractivity contribution in [2.45, 2.75) is 26.4 Å². The molecule has 2 aromatic carbocycles. The van der Waals surface area contributed by atoms with Crippen LogP contribution in [-0.4, -0.2) is 29.9 Å². The Morgan fingerprint density at radius 1 is 1.11 bits per heavy atom. The van der Waals surface area contributed by atoms with E-state index >= 15 is 0 Å². The van der Waals surface area contributed by atoms with Crippen molar-refractivity contribution in [2.75, 3.05) is 13.1 Å². The zero-order valence-electron chi connectivity index (χ0n) is 15.4. The van der Waals surface area contributed by atoms with Crippen LogP contribution >= 0.6 is 0 Å². The molecule has 0 aliphatic carbocycles. The first-order valence-corrected chi connectivity index (χ1v) is 9.09. The van der Waals surface area contributed by atoms with Crippen LogP contribution in [0.2, 0.25) is 0 Å². The Kier molecular flexibility index (Phi) is 5.87. The predicted molar refractivity (Wildman–Crippen MR) is 101 cm³/mol. The van der Waals surface area contributed by atoms with Gasteiger partial charge in [0.05, 0.1) is 17.6 Å². The largest absolute Gasteiger partial charge is 0.461 e. The molecule has 0 bridgehead atoms. The fraction of sp³-hybridized carbons (Fsp3) is 0.318. The number of aryl methyl sites for hydroxylation is 1. The van der Waals surface area contributed by atoms with Crippen LogP contribution in [0.3, 0.4) is 0 Å². The summed E-state index contributed by atoms with van der Waals surface area (Å²) in [5.41, 5.74) is 3.12. The minimum absolute atomic E-state index is 0.0255. The fourth-order valence-electron chi connectivity index (χ4n) is 3.25. The van der Waals surface area contributed by atoms with Crippen LogP contribution in [0.15, 0.2) is 48.5 Å². The highest BCUT2D eigenvalue weighted by molar-refractivity contribution is 5.95. The number of nitrogens with zero attached hydrogens (tertiary/aromatic N) is 2. The molecule has 0 N–H and O–H groups in total. The molecule has 1 amide bonds. The van der Waals surface area contributed by atoms with Gasteiger partial charge in [-0.15, -0.1) is 0 Å². The Labute approximate surface area is 159 Å². The van der Waals surface area contributed by atoms with Crippen LogP contribution in [-0.2, 0) is 16.1 Å². The number of piperidine rings is 1. The molecule has 27 heavy (non-hydrogen) atoms. The van der Waals surface area contributed by atoms with Gasteiger partial charge in [0.1, 0.15) is 6.61 Å². The summed E-state index contributed by atoms with van der Waals surface area (Å²) in [7, 11) is 0. The second kappa shape index (κ2) is 8.50. The van der Waals surface area contributed by atoms with Gasteiger partial charge in [-0.25, -0.2) is 0 Å². The maximum absolute atomic E-state index is 12.6. The molecule has 5 heteroatoms. The maximum Gasteiger partial charge on any atom is 0.309 e. The van der Waals surface area contributed by atoms with Gasteiger partial charge in [-0.2, -0.15) is 5.26 Å². The normalized spacial score (nSPS) is 14.4. The van der Waals surface area contributed by atoms with Crippen LogP contribution in [0, 0.1) is 24.2 Å². The average molecular weight is 362 g/mol. The number of carbonyl (C=O) groups is 2. The van der Waals surface area contributed by atoms with Gasteiger partial charge in [0.25, 0.3) is 5.91 Å². The van der Waals surface area contributed by atoms with Crippen molar-refractivity contribution < 1.29 is 14.3 Å². The Hall–Kier alpha value is -3.13. The number of benzene rings is 2. The van der Waals surface area contributed by atoms with Crippen molar-refractivity contribution in [3.05, 3.63) is 70.8 Å². The van der Waals surface area contributed by atoms with Gasteiger partial charge in [-0.3, -0.25) is 9.59 Å². The summed E-state index contributed by atoms with van der Waals surface area (Å²) in [4.78, 5) is 26.8. The van der Waals surface area contributed by atoms with Gasteiger partial charge < -0.3 is 9.64 Å². The van der Waals surface area contributed by atoms with Crippen molar-refractivity contribution in [2.24, 2.45) is 5.92 Å². The highest BCUT2D eigenvalue weighted by atomic mass is 16.5. The van der Waals surface area contributed by atoms with Gasteiger partial charge >= 0.3 is 5.97 Å². The van der Waals surface area contributed by atoms with Gasteiger partial charge in [-0.05, 0) is 49.1 Å². The minimum Gasteiger partial charge on any atom is -0.461 e. The number of nitriles is 1. The third-order valence-corrected chi connectivity index (χ3v) is 4.96. The molecule has 0 atom stereocenters. The third kappa shape index (κ3) is 4.53. The number of ether oxygens (including phenoxy) is 1. The lowest BCUT2D eigenvalue weighted by Crippen LogP contribution is -2.40. The first-order chi connectivity index (χ1) is 13.1. The standard InChI is InChI=1S/C22H22N2O3/c1-16-4-2-3-5-20(16)21(25)24-12-10-19(11-13-24)22(26)27-15-18-8-6-17(14-23)7-9-18/h2-9,19H,10-13,15H2,1H3. The molecule has 0 aromatic heterocycles. The van der Waals surface area contributed by atoms with E-state index in [-0.39, 0.29) is 24.4 Å². The van der Waals surface area contributed by atoms with E-state index in [1.54, 1.807) is 24.3 Å². The Morgan fingerprint density at radius 3 is 2.41 bits per heavy atom. The number of hydrogen-bond donors (Lipinski definition) is 0. The maximum atomic E-state index is 12.6. The number of hydrogen-bond acceptors (Lipinski definition) is 4. The van der Waals surface area contributed by atoms with E-state index in [4.69, 9.17) is 10.00 Å². The number of likely N-dealkylation sites (tertiary alicyclic amines) is 1. The first kappa shape index (κ1) is 18.7. The smallest absolute Gasteiger partial charge is 0.309 e. The second-order valence-electron chi connectivity index (χ2n) is 6.80. The molecule has 1 heterocycles. The van der Waals surface area contributed by atoms with Crippen LogP contribution < -0.4 is 0 Å². The van der Waals surface area contributed by atoms with E-state index < -0.39 is 0 Å². The molecule has 5 nitrogen and oxygen atoms in total. The number of rotatable bonds is 4. The number of amides is 1. The van der Waals surface area contributed by atoms with E-state index in [1.807, 2.05) is 36.1 Å². The van der Waals surface area contributed by atoms with Crippen molar-refractivity contribution in [1.29, 1.82) is 5.26 Å². The Balaban J connectivity index is 1.49. The minimum atomic E-state index is -0.220. The molecule has 0 saturated carbocycles. The number of esters is 1. The summed E-state index contributed by atoms with van der Waals surface area (Å²) < 4.78 is 5.42. The van der Waals surface area contributed by atoms with Crippen LogP contribution in [0.5, 0.6) is 0 Å². The van der Waals surface area contributed by atoms with Crippen LogP contribution in [0.25, 0.3) is 0 Å².